The molecule has 0 unspecified atom stereocenters. The second kappa shape index (κ2) is 7.29. The summed E-state index contributed by atoms with van der Waals surface area (Å²) in [7, 11) is 0. The lowest BCUT2D eigenvalue weighted by molar-refractivity contribution is 0.0898. The zero-order valence-corrected chi connectivity index (χ0v) is 15.4. The van der Waals surface area contributed by atoms with Crippen LogP contribution in [0, 0.1) is 5.82 Å². The van der Waals surface area contributed by atoms with Gasteiger partial charge in [-0.05, 0) is 55.3 Å². The van der Waals surface area contributed by atoms with Crippen molar-refractivity contribution in [2.45, 2.75) is 18.9 Å². The number of hydrogen-bond donors (Lipinski definition) is 1. The fourth-order valence-corrected chi connectivity index (χ4v) is 3.86. The normalized spacial score (nSPS) is 16.1. The van der Waals surface area contributed by atoms with E-state index in [1.54, 1.807) is 34.9 Å². The Morgan fingerprint density at radius 1 is 1.15 bits per heavy atom. The molecule has 0 radical (unpaired) electrons. The van der Waals surface area contributed by atoms with Gasteiger partial charge in [0, 0.05) is 29.7 Å². The number of carbonyl (C=O) groups excluding carboxylic acids is 1. The fourth-order valence-electron chi connectivity index (χ4n) is 3.73. The highest BCUT2D eigenvalue weighted by molar-refractivity contribution is 6.30. The number of benzene rings is 2. The average molecular weight is 388 g/mol. The van der Waals surface area contributed by atoms with Crippen LogP contribution in [0.3, 0.4) is 0 Å². The number of aromatic amines is 1. The van der Waals surface area contributed by atoms with Gasteiger partial charge in [0.1, 0.15) is 5.82 Å². The summed E-state index contributed by atoms with van der Waals surface area (Å²) in [6, 6.07) is 11.3. The topological polar surface area (TPSA) is 58.1 Å². The quantitative estimate of drug-likeness (QED) is 0.695. The molecule has 0 spiro atoms. The largest absolute Gasteiger partial charge is 0.326 e. The number of H-pyrrole nitrogens is 1. The Hall–Kier alpha value is -2.44. The van der Waals surface area contributed by atoms with Crippen LogP contribution >= 0.6 is 11.6 Å². The molecule has 2 heterocycles. The van der Waals surface area contributed by atoms with Crippen LogP contribution in [0.4, 0.5) is 4.39 Å². The van der Waals surface area contributed by atoms with E-state index in [9.17, 15) is 14.0 Å². The van der Waals surface area contributed by atoms with E-state index in [2.05, 4.69) is 9.88 Å². The zero-order valence-electron chi connectivity index (χ0n) is 14.6. The maximum Gasteiger partial charge on any atom is 0.326 e. The second-order valence-corrected chi connectivity index (χ2v) is 7.34. The number of hydrogen-bond acceptors (Lipinski definition) is 3. The lowest BCUT2D eigenvalue weighted by Gasteiger charge is -2.32. The summed E-state index contributed by atoms with van der Waals surface area (Å²) < 4.78 is 15.1. The molecule has 0 amide bonds. The van der Waals surface area contributed by atoms with E-state index >= 15 is 0 Å². The van der Waals surface area contributed by atoms with E-state index in [1.165, 1.54) is 12.1 Å². The van der Waals surface area contributed by atoms with Crippen LogP contribution in [0.1, 0.15) is 29.2 Å². The first-order chi connectivity index (χ1) is 13.0. The summed E-state index contributed by atoms with van der Waals surface area (Å²) in [6.45, 7) is 1.80. The molecule has 0 saturated carbocycles. The zero-order chi connectivity index (χ0) is 19.0. The van der Waals surface area contributed by atoms with Crippen LogP contribution in [0.25, 0.3) is 11.0 Å². The Morgan fingerprint density at radius 2 is 1.85 bits per heavy atom. The van der Waals surface area contributed by atoms with Crippen molar-refractivity contribution in [3.05, 3.63) is 69.4 Å². The molecule has 2 aromatic carbocycles. The number of Topliss-reactive ketones (excluding diaryl/α,β-unsaturated/α-hetero) is 1. The molecule has 5 nitrogen and oxygen atoms in total. The van der Waals surface area contributed by atoms with E-state index in [-0.39, 0.29) is 23.3 Å². The van der Waals surface area contributed by atoms with Crippen molar-refractivity contribution in [3.8, 4) is 0 Å². The highest BCUT2D eigenvalue weighted by Gasteiger charge is 2.25. The van der Waals surface area contributed by atoms with E-state index < -0.39 is 0 Å². The number of likely N-dealkylation sites (tertiary alicyclic amines) is 1. The van der Waals surface area contributed by atoms with Gasteiger partial charge in [0.2, 0.25) is 0 Å². The van der Waals surface area contributed by atoms with Crippen LogP contribution in [0.5, 0.6) is 0 Å². The van der Waals surface area contributed by atoms with Crippen LogP contribution in [0.15, 0.2) is 47.3 Å². The molecule has 0 bridgehead atoms. The Labute approximate surface area is 160 Å². The van der Waals surface area contributed by atoms with Gasteiger partial charge in [0.25, 0.3) is 0 Å². The first-order valence-electron chi connectivity index (χ1n) is 8.92. The maximum atomic E-state index is 13.4. The third-order valence-electron chi connectivity index (χ3n) is 5.13. The molecule has 1 aromatic heterocycles. The van der Waals surface area contributed by atoms with Gasteiger partial charge < -0.3 is 4.98 Å². The summed E-state index contributed by atoms with van der Waals surface area (Å²) in [5.41, 5.74) is 1.67. The third kappa shape index (κ3) is 3.68. The van der Waals surface area contributed by atoms with Gasteiger partial charge in [-0.1, -0.05) is 11.6 Å². The summed E-state index contributed by atoms with van der Waals surface area (Å²) in [5.74, 6) is -0.309. The van der Waals surface area contributed by atoms with Crippen molar-refractivity contribution in [3.63, 3.8) is 0 Å². The molecule has 7 heteroatoms. The van der Waals surface area contributed by atoms with E-state index in [1.807, 2.05) is 0 Å². The predicted octanol–water partition coefficient (Wildman–Crippen LogP) is 3.64. The van der Waals surface area contributed by atoms with Crippen molar-refractivity contribution >= 4 is 28.4 Å². The number of piperidine rings is 1. The van der Waals surface area contributed by atoms with Crippen LogP contribution in [0.2, 0.25) is 5.02 Å². The van der Waals surface area contributed by atoms with Gasteiger partial charge in [-0.3, -0.25) is 14.3 Å². The van der Waals surface area contributed by atoms with Gasteiger partial charge in [0.15, 0.2) is 5.78 Å². The Morgan fingerprint density at radius 3 is 2.56 bits per heavy atom. The minimum Gasteiger partial charge on any atom is -0.305 e. The minimum atomic E-state index is -0.369. The minimum absolute atomic E-state index is 0.0404. The number of nitrogens with zero attached hydrogens (tertiary/aromatic N) is 2. The average Bonchev–Trinajstić information content (AvgIpc) is 2.97. The molecule has 1 saturated heterocycles. The van der Waals surface area contributed by atoms with Crippen molar-refractivity contribution in [1.82, 2.24) is 14.5 Å². The molecule has 1 aliphatic rings. The molecule has 0 atom stereocenters. The number of rotatable bonds is 4. The van der Waals surface area contributed by atoms with Crippen molar-refractivity contribution in [2.75, 3.05) is 19.6 Å². The lowest BCUT2D eigenvalue weighted by atomic mass is 10.0. The maximum absolute atomic E-state index is 13.4. The Bertz CT molecular complexity index is 1030. The number of aromatic nitrogens is 2. The number of nitrogens with one attached hydrogen (secondary N) is 1. The third-order valence-corrected chi connectivity index (χ3v) is 5.39. The molecule has 1 fully saturated rings. The first kappa shape index (κ1) is 17.9. The molecular weight excluding hydrogens is 369 g/mol. The van der Waals surface area contributed by atoms with Crippen molar-refractivity contribution in [1.29, 1.82) is 0 Å². The molecule has 0 aliphatic carbocycles. The Kier molecular flexibility index (Phi) is 4.85. The fraction of sp³-hybridized carbons (Fsp3) is 0.300. The van der Waals surface area contributed by atoms with Gasteiger partial charge in [-0.25, -0.2) is 9.18 Å². The smallest absolute Gasteiger partial charge is 0.305 e. The van der Waals surface area contributed by atoms with Crippen molar-refractivity contribution in [2.24, 2.45) is 0 Å². The number of ketones is 1. The van der Waals surface area contributed by atoms with Gasteiger partial charge in [-0.15, -0.1) is 0 Å². The molecule has 1 N–H and O–H groups in total. The number of imidazole rings is 1. The molecular formula is C20H19ClFN3O2. The van der Waals surface area contributed by atoms with Crippen LogP contribution in [-0.2, 0) is 0 Å². The first-order valence-corrected chi connectivity index (χ1v) is 9.30. The highest BCUT2D eigenvalue weighted by atomic mass is 35.5. The SMILES string of the molecule is O=C(CN1CCC(n2c(=O)[nH]c3cc(F)ccc32)CC1)c1ccc(Cl)cc1. The molecule has 27 heavy (non-hydrogen) atoms. The number of fused-ring (bicyclic) bond motifs is 1. The Balaban J connectivity index is 1.43. The van der Waals surface area contributed by atoms with E-state index in [0.717, 1.165) is 31.4 Å². The van der Waals surface area contributed by atoms with E-state index in [4.69, 9.17) is 11.6 Å². The van der Waals surface area contributed by atoms with Gasteiger partial charge >= 0.3 is 5.69 Å². The number of carbonyl (C=O) groups is 1. The molecule has 140 valence electrons. The predicted molar refractivity (Wildman–Crippen MR) is 103 cm³/mol. The monoisotopic (exact) mass is 387 g/mol. The van der Waals surface area contributed by atoms with E-state index in [0.29, 0.717) is 22.6 Å². The summed E-state index contributed by atoms with van der Waals surface area (Å²) in [5, 5.41) is 0.608. The molecule has 4 rings (SSSR count). The lowest BCUT2D eigenvalue weighted by Crippen LogP contribution is -2.39. The summed E-state index contributed by atoms with van der Waals surface area (Å²) in [6.07, 6.45) is 1.52. The standard InChI is InChI=1S/C20H19ClFN3O2/c21-14-3-1-13(2-4-14)19(26)12-24-9-7-16(8-10-24)25-18-6-5-15(22)11-17(18)23-20(25)27/h1-6,11,16H,7-10,12H2,(H,23,27). The second-order valence-electron chi connectivity index (χ2n) is 6.90. The van der Waals surface area contributed by atoms with Gasteiger partial charge in [0.05, 0.1) is 17.6 Å². The van der Waals surface area contributed by atoms with Crippen LogP contribution < -0.4 is 5.69 Å². The molecule has 1 aliphatic heterocycles. The van der Waals surface area contributed by atoms with Gasteiger partial charge in [-0.2, -0.15) is 0 Å². The number of halogens is 2. The van der Waals surface area contributed by atoms with Crippen molar-refractivity contribution < 1.29 is 9.18 Å². The molecule has 3 aromatic rings. The van der Waals surface area contributed by atoms with Crippen LogP contribution in [-0.4, -0.2) is 39.9 Å². The highest BCUT2D eigenvalue weighted by Crippen LogP contribution is 2.25. The summed E-state index contributed by atoms with van der Waals surface area (Å²) >= 11 is 5.86. The summed E-state index contributed by atoms with van der Waals surface area (Å²) in [4.78, 5) is 29.6.